The minimum absolute atomic E-state index is 0.204. The van der Waals surface area contributed by atoms with Gasteiger partial charge in [0.15, 0.2) is 0 Å². The Morgan fingerprint density at radius 2 is 2.14 bits per heavy atom. The van der Waals surface area contributed by atoms with Crippen LogP contribution in [-0.2, 0) is 28.7 Å². The Bertz CT molecular complexity index is 389. The number of thiazole rings is 1. The van der Waals surface area contributed by atoms with E-state index in [4.69, 9.17) is 10.9 Å². The van der Waals surface area contributed by atoms with Gasteiger partial charge in [-0.1, -0.05) is 6.92 Å². The highest BCUT2D eigenvalue weighted by atomic mass is 32.2. The van der Waals surface area contributed by atoms with E-state index in [1.807, 2.05) is 6.92 Å². The van der Waals surface area contributed by atoms with Crippen molar-refractivity contribution < 1.29 is 8.42 Å². The normalized spacial score (nSPS) is 11.9. The van der Waals surface area contributed by atoms with Gasteiger partial charge in [-0.05, 0) is 6.42 Å². The van der Waals surface area contributed by atoms with Crippen LogP contribution in [0.2, 0.25) is 0 Å². The lowest BCUT2D eigenvalue weighted by molar-refractivity contribution is 0.597. The summed E-state index contributed by atoms with van der Waals surface area (Å²) in [5.74, 6) is -0.204. The van der Waals surface area contributed by atoms with E-state index < -0.39 is 10.0 Å². The Kier molecular flexibility index (Phi) is 3.59. The molecule has 0 fully saturated rings. The minimum atomic E-state index is -3.49. The first kappa shape index (κ1) is 11.6. The van der Waals surface area contributed by atoms with Crippen molar-refractivity contribution in [3.8, 4) is 0 Å². The lowest BCUT2D eigenvalue weighted by atomic mass is 10.3. The van der Waals surface area contributed by atoms with Gasteiger partial charge in [0.2, 0.25) is 10.0 Å². The van der Waals surface area contributed by atoms with Crippen molar-refractivity contribution in [3.63, 3.8) is 0 Å². The van der Waals surface area contributed by atoms with E-state index in [0.717, 1.165) is 17.0 Å². The number of nitrogens with zero attached hydrogens (tertiary/aromatic N) is 1. The molecule has 1 heterocycles. The van der Waals surface area contributed by atoms with Crippen LogP contribution in [0.4, 0.5) is 0 Å². The molecule has 4 N–H and O–H groups in total. The van der Waals surface area contributed by atoms with Crippen LogP contribution in [0, 0.1) is 0 Å². The molecule has 0 unspecified atom stereocenters. The minimum Gasteiger partial charge on any atom is -0.326 e. The fourth-order valence-electron chi connectivity index (χ4n) is 1.11. The zero-order valence-electron chi connectivity index (χ0n) is 7.86. The first-order chi connectivity index (χ1) is 6.46. The predicted octanol–water partition coefficient (Wildman–Crippen LogP) is -0.0473. The average Bonchev–Trinajstić information content (AvgIpc) is 2.43. The number of hydrogen-bond acceptors (Lipinski definition) is 5. The summed E-state index contributed by atoms with van der Waals surface area (Å²) >= 11 is 1.32. The van der Waals surface area contributed by atoms with Crippen molar-refractivity contribution in [2.24, 2.45) is 10.9 Å². The summed E-state index contributed by atoms with van der Waals surface area (Å²) in [5, 5.41) is 5.44. The van der Waals surface area contributed by atoms with Crippen LogP contribution < -0.4 is 10.9 Å². The summed E-state index contributed by atoms with van der Waals surface area (Å²) in [6.07, 6.45) is 0.758. The third-order valence-electron chi connectivity index (χ3n) is 1.67. The van der Waals surface area contributed by atoms with Crippen LogP contribution >= 0.6 is 11.3 Å². The van der Waals surface area contributed by atoms with Crippen LogP contribution in [0.1, 0.15) is 22.5 Å². The summed E-state index contributed by atoms with van der Waals surface area (Å²) in [4.78, 5) is 5.10. The van der Waals surface area contributed by atoms with Gasteiger partial charge in [-0.3, -0.25) is 0 Å². The summed E-state index contributed by atoms with van der Waals surface area (Å²) in [6.45, 7) is 2.35. The number of aryl methyl sites for hydroxylation is 1. The molecule has 0 radical (unpaired) electrons. The molecule has 0 spiro atoms. The quantitative estimate of drug-likeness (QED) is 0.764. The zero-order chi connectivity index (χ0) is 10.8. The number of aromatic nitrogens is 1. The molecule has 0 saturated heterocycles. The van der Waals surface area contributed by atoms with E-state index >= 15 is 0 Å². The maximum Gasteiger partial charge on any atom is 0.215 e. The van der Waals surface area contributed by atoms with Gasteiger partial charge in [-0.25, -0.2) is 18.5 Å². The van der Waals surface area contributed by atoms with Gasteiger partial charge in [0.25, 0.3) is 0 Å². The molecule has 0 aromatic carbocycles. The molecule has 1 aromatic rings. The summed E-state index contributed by atoms with van der Waals surface area (Å²) in [5.41, 5.74) is 6.36. The fourth-order valence-corrected chi connectivity index (χ4v) is 3.08. The highest BCUT2D eigenvalue weighted by Gasteiger charge is 2.12. The van der Waals surface area contributed by atoms with E-state index in [1.165, 1.54) is 11.3 Å². The predicted molar refractivity (Wildman–Crippen MR) is 56.2 cm³/mol. The number of sulfonamides is 1. The van der Waals surface area contributed by atoms with Gasteiger partial charge in [0.05, 0.1) is 5.69 Å². The molecule has 1 aromatic heterocycles. The van der Waals surface area contributed by atoms with Gasteiger partial charge in [0.1, 0.15) is 10.8 Å². The standard InChI is InChI=1S/C7H13N3O2S2/c1-2-5-6(3-8)13-7(10-5)4-14(9,11)12/h2-4,8H2,1H3,(H2,9,11,12). The lowest BCUT2D eigenvalue weighted by Gasteiger charge is -1.91. The monoisotopic (exact) mass is 235 g/mol. The maximum atomic E-state index is 10.8. The van der Waals surface area contributed by atoms with Gasteiger partial charge in [0, 0.05) is 11.4 Å². The van der Waals surface area contributed by atoms with Gasteiger partial charge in [-0.15, -0.1) is 11.3 Å². The van der Waals surface area contributed by atoms with E-state index in [-0.39, 0.29) is 5.75 Å². The number of rotatable bonds is 4. The van der Waals surface area contributed by atoms with Crippen LogP contribution in [-0.4, -0.2) is 13.4 Å². The Hall–Kier alpha value is -0.500. The van der Waals surface area contributed by atoms with E-state index in [0.29, 0.717) is 11.6 Å². The second-order valence-electron chi connectivity index (χ2n) is 2.84. The summed E-state index contributed by atoms with van der Waals surface area (Å²) in [7, 11) is -3.49. The third kappa shape index (κ3) is 3.02. The Morgan fingerprint density at radius 3 is 2.50 bits per heavy atom. The van der Waals surface area contributed by atoms with Gasteiger partial charge in [-0.2, -0.15) is 0 Å². The number of nitrogens with two attached hydrogens (primary N) is 2. The number of hydrogen-bond donors (Lipinski definition) is 2. The smallest absolute Gasteiger partial charge is 0.215 e. The van der Waals surface area contributed by atoms with Gasteiger partial charge < -0.3 is 5.73 Å². The van der Waals surface area contributed by atoms with Crippen molar-refractivity contribution in [2.75, 3.05) is 0 Å². The fraction of sp³-hybridized carbons (Fsp3) is 0.571. The molecule has 0 atom stereocenters. The van der Waals surface area contributed by atoms with Crippen molar-refractivity contribution >= 4 is 21.4 Å². The Morgan fingerprint density at radius 1 is 1.50 bits per heavy atom. The molecule has 0 saturated carbocycles. The molecule has 0 bridgehead atoms. The molecular formula is C7H13N3O2S2. The van der Waals surface area contributed by atoms with Crippen LogP contribution in [0.15, 0.2) is 0 Å². The lowest BCUT2D eigenvalue weighted by Crippen LogP contribution is -2.14. The Balaban J connectivity index is 2.96. The number of primary sulfonamides is 1. The molecule has 0 amide bonds. The van der Waals surface area contributed by atoms with Crippen molar-refractivity contribution in [1.29, 1.82) is 0 Å². The summed E-state index contributed by atoms with van der Waals surface area (Å²) < 4.78 is 21.6. The second kappa shape index (κ2) is 4.35. The Labute approximate surface area is 87.2 Å². The first-order valence-corrected chi connectivity index (χ1v) is 6.67. The molecule has 5 nitrogen and oxygen atoms in total. The van der Waals surface area contributed by atoms with Crippen LogP contribution in [0.5, 0.6) is 0 Å². The third-order valence-corrected chi connectivity index (χ3v) is 3.65. The van der Waals surface area contributed by atoms with Crippen molar-refractivity contribution in [2.45, 2.75) is 25.6 Å². The molecule has 7 heteroatoms. The highest BCUT2D eigenvalue weighted by molar-refractivity contribution is 7.88. The molecule has 0 aliphatic heterocycles. The van der Waals surface area contributed by atoms with E-state index in [2.05, 4.69) is 4.98 Å². The molecule has 80 valence electrons. The molecule has 0 aliphatic carbocycles. The van der Waals surface area contributed by atoms with E-state index in [9.17, 15) is 8.42 Å². The average molecular weight is 235 g/mol. The molecule has 1 rings (SSSR count). The SMILES string of the molecule is CCc1nc(CS(N)(=O)=O)sc1CN. The van der Waals surface area contributed by atoms with Gasteiger partial charge >= 0.3 is 0 Å². The van der Waals surface area contributed by atoms with Crippen molar-refractivity contribution in [1.82, 2.24) is 4.98 Å². The second-order valence-corrected chi connectivity index (χ2v) is 5.62. The zero-order valence-corrected chi connectivity index (χ0v) is 9.49. The van der Waals surface area contributed by atoms with Crippen LogP contribution in [0.25, 0.3) is 0 Å². The molecule has 14 heavy (non-hydrogen) atoms. The first-order valence-electron chi connectivity index (χ1n) is 4.14. The molecular weight excluding hydrogens is 222 g/mol. The topological polar surface area (TPSA) is 99.1 Å². The summed E-state index contributed by atoms with van der Waals surface area (Å²) in [6, 6.07) is 0. The highest BCUT2D eigenvalue weighted by Crippen LogP contribution is 2.19. The van der Waals surface area contributed by atoms with E-state index in [1.54, 1.807) is 0 Å². The molecule has 0 aliphatic rings. The maximum absolute atomic E-state index is 10.8. The van der Waals surface area contributed by atoms with Crippen LogP contribution in [0.3, 0.4) is 0 Å². The largest absolute Gasteiger partial charge is 0.326 e. The van der Waals surface area contributed by atoms with Crippen molar-refractivity contribution in [3.05, 3.63) is 15.6 Å².